The number of halogens is 1. The van der Waals surface area contributed by atoms with E-state index in [0.29, 0.717) is 10.4 Å². The monoisotopic (exact) mass is 278 g/mol. The van der Waals surface area contributed by atoms with Crippen molar-refractivity contribution in [2.24, 2.45) is 0 Å². The fourth-order valence-electron chi connectivity index (χ4n) is 1.60. The highest BCUT2D eigenvalue weighted by Crippen LogP contribution is 2.27. The lowest BCUT2D eigenvalue weighted by Gasteiger charge is -1.99. The highest BCUT2D eigenvalue weighted by molar-refractivity contribution is 9.10. The molecule has 0 saturated carbocycles. The van der Waals surface area contributed by atoms with Crippen molar-refractivity contribution in [1.82, 2.24) is 24.6 Å². The predicted octanol–water partition coefficient (Wildman–Crippen LogP) is 1.46. The van der Waals surface area contributed by atoms with Crippen molar-refractivity contribution in [3.63, 3.8) is 0 Å². The predicted molar refractivity (Wildman–Crippen MR) is 62.7 cm³/mol. The minimum absolute atomic E-state index is 0.441. The van der Waals surface area contributed by atoms with E-state index < -0.39 is 0 Å². The molecular weight excluding hydrogens is 272 g/mol. The second-order valence-corrected chi connectivity index (χ2v) is 4.00. The zero-order chi connectivity index (χ0) is 11.1. The van der Waals surface area contributed by atoms with Gasteiger partial charge in [0.1, 0.15) is 15.9 Å². The molecule has 80 valence electrons. The summed E-state index contributed by atoms with van der Waals surface area (Å²) in [7, 11) is 0. The van der Waals surface area contributed by atoms with E-state index in [1.165, 1.54) is 0 Å². The summed E-state index contributed by atoms with van der Waals surface area (Å²) in [5.41, 5.74) is 7.46. The maximum absolute atomic E-state index is 5.80. The molecule has 0 aliphatic rings. The van der Waals surface area contributed by atoms with Crippen molar-refractivity contribution in [2.75, 3.05) is 5.73 Å². The Labute approximate surface area is 98.7 Å². The summed E-state index contributed by atoms with van der Waals surface area (Å²) in [6.45, 7) is 0. The normalized spacial score (nSPS) is 11.1. The number of hydrogen-bond acceptors (Lipinski definition) is 4. The summed E-state index contributed by atoms with van der Waals surface area (Å²) >= 11 is 3.37. The number of aromatic nitrogens is 5. The van der Waals surface area contributed by atoms with Crippen molar-refractivity contribution in [3.8, 4) is 11.4 Å². The van der Waals surface area contributed by atoms with Gasteiger partial charge in [-0.3, -0.25) is 9.50 Å². The van der Waals surface area contributed by atoms with Gasteiger partial charge in [0.25, 0.3) is 0 Å². The van der Waals surface area contributed by atoms with Gasteiger partial charge < -0.3 is 5.73 Å². The Hall–Kier alpha value is -1.89. The van der Waals surface area contributed by atoms with Gasteiger partial charge in [-0.15, -0.1) is 0 Å². The first-order valence-electron chi connectivity index (χ1n) is 4.54. The Kier molecular flexibility index (Phi) is 1.93. The molecule has 3 aromatic heterocycles. The molecule has 3 N–H and O–H groups in total. The molecule has 0 saturated heterocycles. The maximum Gasteiger partial charge on any atom is 0.150 e. The largest absolute Gasteiger partial charge is 0.382 e. The molecule has 0 atom stereocenters. The van der Waals surface area contributed by atoms with Crippen molar-refractivity contribution < 1.29 is 0 Å². The third-order valence-corrected chi connectivity index (χ3v) is 2.85. The van der Waals surface area contributed by atoms with Crippen LogP contribution in [-0.2, 0) is 0 Å². The molecule has 6 nitrogen and oxygen atoms in total. The van der Waals surface area contributed by atoms with Crippen LogP contribution in [-0.4, -0.2) is 24.6 Å². The zero-order valence-electron chi connectivity index (χ0n) is 8.05. The van der Waals surface area contributed by atoms with Gasteiger partial charge in [0.15, 0.2) is 5.82 Å². The molecule has 0 spiro atoms. The third-order valence-electron chi connectivity index (χ3n) is 2.30. The molecule has 7 heteroatoms. The van der Waals surface area contributed by atoms with Crippen molar-refractivity contribution >= 4 is 27.3 Å². The van der Waals surface area contributed by atoms with E-state index in [9.17, 15) is 0 Å². The van der Waals surface area contributed by atoms with Gasteiger partial charge >= 0.3 is 0 Å². The Morgan fingerprint density at radius 2 is 2.31 bits per heavy atom. The minimum Gasteiger partial charge on any atom is -0.382 e. The highest BCUT2D eigenvalue weighted by Gasteiger charge is 2.13. The summed E-state index contributed by atoms with van der Waals surface area (Å²) in [5.74, 6) is 1.21. The van der Waals surface area contributed by atoms with Gasteiger partial charge in [-0.05, 0) is 15.9 Å². The fraction of sp³-hybridized carbons (Fsp3) is 0. The van der Waals surface area contributed by atoms with Gasteiger partial charge in [0.2, 0.25) is 0 Å². The molecule has 0 fully saturated rings. The maximum atomic E-state index is 5.80. The highest BCUT2D eigenvalue weighted by atomic mass is 79.9. The first kappa shape index (κ1) is 9.34. The van der Waals surface area contributed by atoms with Crippen LogP contribution in [0, 0.1) is 0 Å². The molecule has 16 heavy (non-hydrogen) atoms. The van der Waals surface area contributed by atoms with Crippen LogP contribution in [0.5, 0.6) is 0 Å². The van der Waals surface area contributed by atoms with Crippen LogP contribution in [0.3, 0.4) is 0 Å². The van der Waals surface area contributed by atoms with E-state index in [1.807, 2.05) is 10.6 Å². The first-order chi connectivity index (χ1) is 7.77. The van der Waals surface area contributed by atoms with E-state index in [2.05, 4.69) is 36.1 Å². The topological polar surface area (TPSA) is 84.9 Å². The van der Waals surface area contributed by atoms with Crippen LogP contribution in [0.15, 0.2) is 29.4 Å². The second-order valence-electron chi connectivity index (χ2n) is 3.24. The van der Waals surface area contributed by atoms with Crippen LogP contribution < -0.4 is 5.73 Å². The lowest BCUT2D eigenvalue weighted by atomic mass is 10.3. The summed E-state index contributed by atoms with van der Waals surface area (Å²) in [5, 5.41) is 6.65. The first-order valence-corrected chi connectivity index (χ1v) is 5.34. The second kappa shape index (κ2) is 3.31. The molecule has 0 amide bonds. The Balaban J connectivity index is 2.40. The van der Waals surface area contributed by atoms with Gasteiger partial charge in [0.05, 0.1) is 11.8 Å². The molecule has 0 aliphatic heterocycles. The number of rotatable bonds is 1. The SMILES string of the molecule is Nc1nccn2c(-c3cn[nH]c3)nc(Br)c12. The molecule has 0 unspecified atom stereocenters. The van der Waals surface area contributed by atoms with Crippen molar-refractivity contribution in [1.29, 1.82) is 0 Å². The number of nitrogens with two attached hydrogens (primary N) is 1. The molecule has 3 aromatic rings. The van der Waals surface area contributed by atoms with Crippen molar-refractivity contribution in [3.05, 3.63) is 29.4 Å². The standard InChI is InChI=1S/C9H7BrN6/c10-7-6-8(11)12-1-2-16(6)9(15-7)5-3-13-14-4-5/h1-4H,(H2,11,12)(H,13,14). The summed E-state index contributed by atoms with van der Waals surface area (Å²) < 4.78 is 2.55. The molecule has 0 aliphatic carbocycles. The number of fused-ring (bicyclic) bond motifs is 1. The lowest BCUT2D eigenvalue weighted by Crippen LogP contribution is -1.95. The van der Waals surface area contributed by atoms with Crippen molar-refractivity contribution in [2.45, 2.75) is 0 Å². The van der Waals surface area contributed by atoms with Crippen LogP contribution in [0.25, 0.3) is 16.9 Å². The van der Waals surface area contributed by atoms with E-state index in [1.54, 1.807) is 18.6 Å². The fourth-order valence-corrected chi connectivity index (χ4v) is 2.16. The molecule has 0 aromatic carbocycles. The molecule has 0 bridgehead atoms. The molecular formula is C9H7BrN6. The van der Waals surface area contributed by atoms with E-state index in [0.717, 1.165) is 16.9 Å². The summed E-state index contributed by atoms with van der Waals surface area (Å²) in [6.07, 6.45) is 6.93. The Bertz CT molecular complexity index is 641. The van der Waals surface area contributed by atoms with Gasteiger partial charge in [-0.1, -0.05) is 0 Å². The van der Waals surface area contributed by atoms with Crippen LogP contribution in [0.1, 0.15) is 0 Å². The van der Waals surface area contributed by atoms with Crippen LogP contribution >= 0.6 is 15.9 Å². The van der Waals surface area contributed by atoms with Crippen LogP contribution in [0.4, 0.5) is 5.82 Å². The number of imidazole rings is 1. The lowest BCUT2D eigenvalue weighted by molar-refractivity contribution is 1.09. The molecule has 0 radical (unpaired) electrons. The number of hydrogen-bond donors (Lipinski definition) is 2. The average Bonchev–Trinajstić information content (AvgIpc) is 2.86. The number of nitrogens with one attached hydrogen (secondary N) is 1. The molecule has 3 rings (SSSR count). The Morgan fingerprint density at radius 1 is 1.44 bits per heavy atom. The minimum atomic E-state index is 0.441. The quantitative estimate of drug-likeness (QED) is 0.706. The number of anilines is 1. The van der Waals surface area contributed by atoms with E-state index >= 15 is 0 Å². The Morgan fingerprint density at radius 3 is 3.06 bits per heavy atom. The number of H-pyrrole nitrogens is 1. The van der Waals surface area contributed by atoms with E-state index in [4.69, 9.17) is 5.73 Å². The third kappa shape index (κ3) is 1.21. The number of aromatic amines is 1. The van der Waals surface area contributed by atoms with Gasteiger partial charge in [-0.2, -0.15) is 5.10 Å². The van der Waals surface area contributed by atoms with Crippen LogP contribution in [0.2, 0.25) is 0 Å². The zero-order valence-corrected chi connectivity index (χ0v) is 9.64. The van der Waals surface area contributed by atoms with E-state index in [-0.39, 0.29) is 0 Å². The van der Waals surface area contributed by atoms with Gasteiger partial charge in [0, 0.05) is 18.6 Å². The number of nitrogen functional groups attached to an aromatic ring is 1. The average molecular weight is 279 g/mol. The summed E-state index contributed by atoms with van der Waals surface area (Å²) in [6, 6.07) is 0. The summed E-state index contributed by atoms with van der Waals surface area (Å²) in [4.78, 5) is 8.42. The smallest absolute Gasteiger partial charge is 0.150 e. The van der Waals surface area contributed by atoms with Gasteiger partial charge in [-0.25, -0.2) is 9.97 Å². The molecule has 3 heterocycles. The number of nitrogens with zero attached hydrogens (tertiary/aromatic N) is 4.